The van der Waals surface area contributed by atoms with E-state index in [-0.39, 0.29) is 0 Å². The molecule has 2 rings (SSSR count). The summed E-state index contributed by atoms with van der Waals surface area (Å²) in [6, 6.07) is 6.20. The lowest BCUT2D eigenvalue weighted by atomic mass is 9.92. The molecule has 2 heteroatoms. The van der Waals surface area contributed by atoms with E-state index in [1.165, 1.54) is 16.7 Å². The number of nitrogens with two attached hydrogens (primary N) is 1. The molecule has 1 aliphatic rings. The van der Waals surface area contributed by atoms with Gasteiger partial charge in [0.15, 0.2) is 0 Å². The van der Waals surface area contributed by atoms with Gasteiger partial charge in [-0.3, -0.25) is 0 Å². The molecule has 0 saturated carbocycles. The van der Waals surface area contributed by atoms with E-state index in [1.807, 2.05) is 6.07 Å². The van der Waals surface area contributed by atoms with Gasteiger partial charge in [0, 0.05) is 12.2 Å². The Balaban J connectivity index is 2.25. The number of likely N-dealkylation sites (N-methyl/N-ethyl adjacent to an activating group) is 1. The average Bonchev–Trinajstić information content (AvgIpc) is 2.17. The van der Waals surface area contributed by atoms with Crippen LogP contribution in [0.5, 0.6) is 0 Å². The van der Waals surface area contributed by atoms with Crippen LogP contribution in [0.3, 0.4) is 0 Å². The van der Waals surface area contributed by atoms with E-state index >= 15 is 0 Å². The van der Waals surface area contributed by atoms with Crippen LogP contribution in [0.25, 0.3) is 6.08 Å². The van der Waals surface area contributed by atoms with Crippen molar-refractivity contribution in [3.05, 3.63) is 34.9 Å². The molecular weight excluding hydrogens is 184 g/mol. The molecule has 0 aromatic heterocycles. The molecule has 0 radical (unpaired) electrons. The lowest BCUT2D eigenvalue weighted by molar-refractivity contribution is 0.440. The third-order valence-electron chi connectivity index (χ3n) is 2.76. The van der Waals surface area contributed by atoms with Crippen LogP contribution in [0.4, 0.5) is 5.69 Å². The zero-order chi connectivity index (χ0) is 10.8. The number of fused-ring (bicyclic) bond motifs is 1. The number of hydrogen-bond donors (Lipinski definition) is 1. The summed E-state index contributed by atoms with van der Waals surface area (Å²) in [6.45, 7) is 1.06. The van der Waals surface area contributed by atoms with E-state index in [0.29, 0.717) is 0 Å². The number of benzene rings is 1. The van der Waals surface area contributed by atoms with Crippen LogP contribution < -0.4 is 5.73 Å². The molecular formula is C13H18N2. The quantitative estimate of drug-likeness (QED) is 0.745. The van der Waals surface area contributed by atoms with Gasteiger partial charge in [-0.2, -0.15) is 0 Å². The number of nitrogen functional groups attached to an aromatic ring is 1. The van der Waals surface area contributed by atoms with Crippen LogP contribution in [0.15, 0.2) is 23.8 Å². The topological polar surface area (TPSA) is 29.3 Å². The molecule has 1 aliphatic carbocycles. The molecule has 0 heterocycles. The van der Waals surface area contributed by atoms with Gasteiger partial charge < -0.3 is 10.6 Å². The summed E-state index contributed by atoms with van der Waals surface area (Å²) in [6.07, 6.45) is 4.59. The van der Waals surface area contributed by atoms with Crippen molar-refractivity contribution in [3.8, 4) is 0 Å². The normalized spacial score (nSPS) is 15.0. The number of rotatable bonds is 2. The van der Waals surface area contributed by atoms with E-state index in [2.05, 4.69) is 37.2 Å². The Morgan fingerprint density at radius 3 is 2.80 bits per heavy atom. The van der Waals surface area contributed by atoms with Crippen LogP contribution in [0, 0.1) is 0 Å². The summed E-state index contributed by atoms with van der Waals surface area (Å²) >= 11 is 0. The Morgan fingerprint density at radius 1 is 1.27 bits per heavy atom. The highest BCUT2D eigenvalue weighted by Crippen LogP contribution is 2.25. The average molecular weight is 202 g/mol. The summed E-state index contributed by atoms with van der Waals surface area (Å²) in [5, 5.41) is 0. The fraction of sp³-hybridized carbons (Fsp3) is 0.385. The largest absolute Gasteiger partial charge is 0.399 e. The predicted octanol–water partition coefficient (Wildman–Crippen LogP) is 2.16. The molecule has 2 N–H and O–H groups in total. The van der Waals surface area contributed by atoms with Crippen LogP contribution in [-0.4, -0.2) is 25.5 Å². The highest BCUT2D eigenvalue weighted by atomic mass is 15.0. The zero-order valence-electron chi connectivity index (χ0n) is 9.46. The molecule has 0 spiro atoms. The van der Waals surface area contributed by atoms with Crippen molar-refractivity contribution in [2.75, 3.05) is 26.4 Å². The number of nitrogens with zero attached hydrogens (tertiary/aromatic N) is 1. The van der Waals surface area contributed by atoms with E-state index < -0.39 is 0 Å². The Bertz CT molecular complexity index is 392. The van der Waals surface area contributed by atoms with E-state index in [0.717, 1.165) is 25.1 Å². The zero-order valence-corrected chi connectivity index (χ0v) is 9.46. The van der Waals surface area contributed by atoms with E-state index in [1.54, 1.807) is 0 Å². The van der Waals surface area contributed by atoms with Crippen molar-refractivity contribution >= 4 is 11.8 Å². The first kappa shape index (κ1) is 10.2. The fourth-order valence-corrected chi connectivity index (χ4v) is 2.10. The standard InChI is InChI=1S/C13H18N2/c1-15(2)9-10-3-4-12-8-13(14)6-5-11(12)7-10/h5-8H,3-4,9,14H2,1-2H3. The molecule has 0 bridgehead atoms. The monoisotopic (exact) mass is 202 g/mol. The van der Waals surface area contributed by atoms with Gasteiger partial charge in [-0.1, -0.05) is 17.7 Å². The minimum Gasteiger partial charge on any atom is -0.399 e. The third kappa shape index (κ3) is 2.39. The van der Waals surface area contributed by atoms with Gasteiger partial charge in [0.25, 0.3) is 0 Å². The smallest absolute Gasteiger partial charge is 0.0317 e. The minimum atomic E-state index is 0.873. The Kier molecular flexibility index (Phi) is 2.78. The number of anilines is 1. The molecule has 0 aliphatic heterocycles. The SMILES string of the molecule is CN(C)CC1=Cc2ccc(N)cc2CC1. The molecule has 0 unspecified atom stereocenters. The summed E-state index contributed by atoms with van der Waals surface area (Å²) < 4.78 is 0. The van der Waals surface area contributed by atoms with Crippen LogP contribution in [-0.2, 0) is 6.42 Å². The van der Waals surface area contributed by atoms with Gasteiger partial charge in [-0.05, 0) is 50.2 Å². The van der Waals surface area contributed by atoms with Crippen molar-refractivity contribution in [2.45, 2.75) is 12.8 Å². The third-order valence-corrected chi connectivity index (χ3v) is 2.76. The number of aryl methyl sites for hydroxylation is 1. The van der Waals surface area contributed by atoms with Crippen LogP contribution in [0.1, 0.15) is 17.5 Å². The summed E-state index contributed by atoms with van der Waals surface area (Å²) in [7, 11) is 4.22. The van der Waals surface area contributed by atoms with Gasteiger partial charge >= 0.3 is 0 Å². The molecule has 80 valence electrons. The molecule has 1 aromatic rings. The van der Waals surface area contributed by atoms with Gasteiger partial charge in [0.05, 0.1) is 0 Å². The van der Waals surface area contributed by atoms with Gasteiger partial charge in [0.1, 0.15) is 0 Å². The Labute approximate surface area is 91.4 Å². The van der Waals surface area contributed by atoms with Crippen LogP contribution in [0.2, 0.25) is 0 Å². The molecule has 0 amide bonds. The molecule has 1 aromatic carbocycles. The fourth-order valence-electron chi connectivity index (χ4n) is 2.10. The maximum Gasteiger partial charge on any atom is 0.0317 e. The minimum absolute atomic E-state index is 0.873. The molecule has 0 fully saturated rings. The van der Waals surface area contributed by atoms with Crippen molar-refractivity contribution in [3.63, 3.8) is 0 Å². The summed E-state index contributed by atoms with van der Waals surface area (Å²) in [5.74, 6) is 0. The molecule has 15 heavy (non-hydrogen) atoms. The molecule has 0 saturated heterocycles. The maximum absolute atomic E-state index is 5.77. The van der Waals surface area contributed by atoms with E-state index in [4.69, 9.17) is 5.73 Å². The second-order valence-electron chi connectivity index (χ2n) is 4.50. The summed E-state index contributed by atoms with van der Waals surface area (Å²) in [4.78, 5) is 2.22. The maximum atomic E-state index is 5.77. The lowest BCUT2D eigenvalue weighted by Crippen LogP contribution is -2.17. The molecule has 0 atom stereocenters. The first-order chi connectivity index (χ1) is 7.15. The first-order valence-corrected chi connectivity index (χ1v) is 5.38. The van der Waals surface area contributed by atoms with Crippen molar-refractivity contribution in [1.29, 1.82) is 0 Å². The van der Waals surface area contributed by atoms with Gasteiger partial charge in [0.2, 0.25) is 0 Å². The molecule has 2 nitrogen and oxygen atoms in total. The van der Waals surface area contributed by atoms with Gasteiger partial charge in [-0.15, -0.1) is 0 Å². The van der Waals surface area contributed by atoms with Crippen molar-refractivity contribution < 1.29 is 0 Å². The highest BCUT2D eigenvalue weighted by Gasteiger charge is 2.10. The Hall–Kier alpha value is -1.28. The second kappa shape index (κ2) is 4.07. The Morgan fingerprint density at radius 2 is 2.07 bits per heavy atom. The first-order valence-electron chi connectivity index (χ1n) is 5.38. The van der Waals surface area contributed by atoms with Crippen molar-refractivity contribution in [1.82, 2.24) is 4.90 Å². The predicted molar refractivity (Wildman–Crippen MR) is 65.7 cm³/mol. The van der Waals surface area contributed by atoms with Crippen LogP contribution >= 0.6 is 0 Å². The highest BCUT2D eigenvalue weighted by molar-refractivity contribution is 5.63. The van der Waals surface area contributed by atoms with E-state index in [9.17, 15) is 0 Å². The lowest BCUT2D eigenvalue weighted by Gasteiger charge is -2.19. The number of hydrogen-bond acceptors (Lipinski definition) is 2. The van der Waals surface area contributed by atoms with Crippen molar-refractivity contribution in [2.24, 2.45) is 0 Å². The second-order valence-corrected chi connectivity index (χ2v) is 4.50. The van der Waals surface area contributed by atoms with Gasteiger partial charge in [-0.25, -0.2) is 0 Å². The summed E-state index contributed by atoms with van der Waals surface area (Å²) in [5.41, 5.74) is 10.9.